The number of aromatic nitrogens is 2. The summed E-state index contributed by atoms with van der Waals surface area (Å²) >= 11 is 0. The molecule has 0 N–H and O–H groups in total. The Morgan fingerprint density at radius 3 is 2.64 bits per heavy atom. The van der Waals surface area contributed by atoms with Crippen molar-refractivity contribution < 1.29 is 19.1 Å². The molecule has 4 rings (SSSR count). The van der Waals surface area contributed by atoms with E-state index in [-0.39, 0.29) is 11.9 Å². The number of nitrogens with zero attached hydrogens (tertiary/aromatic N) is 4. The number of hydrogen-bond acceptors (Lipinski definition) is 7. The fraction of sp³-hybridized carbons (Fsp3) is 0.360. The number of methoxy groups -OCH3 is 1. The van der Waals surface area contributed by atoms with Gasteiger partial charge in [0, 0.05) is 43.8 Å². The molecule has 8 nitrogen and oxygen atoms in total. The summed E-state index contributed by atoms with van der Waals surface area (Å²) in [6, 6.07) is 11.1. The van der Waals surface area contributed by atoms with Crippen molar-refractivity contribution in [2.45, 2.75) is 20.3 Å². The Hall–Kier alpha value is -3.68. The summed E-state index contributed by atoms with van der Waals surface area (Å²) in [5, 5.41) is 0.909. The molecule has 1 aliphatic heterocycles. The van der Waals surface area contributed by atoms with Crippen molar-refractivity contribution in [1.29, 1.82) is 0 Å². The summed E-state index contributed by atoms with van der Waals surface area (Å²) < 4.78 is 10.3. The Morgan fingerprint density at radius 1 is 1.06 bits per heavy atom. The third-order valence-electron chi connectivity index (χ3n) is 5.81. The average Bonchev–Trinajstić information content (AvgIpc) is 3.09. The first kappa shape index (κ1) is 22.5. The van der Waals surface area contributed by atoms with Gasteiger partial charge in [0.2, 0.25) is 0 Å². The van der Waals surface area contributed by atoms with E-state index >= 15 is 0 Å². The summed E-state index contributed by atoms with van der Waals surface area (Å²) in [5.74, 6) is 1.15. The van der Waals surface area contributed by atoms with E-state index in [4.69, 9.17) is 9.47 Å². The largest absolute Gasteiger partial charge is 0.497 e. The molecule has 3 heterocycles. The van der Waals surface area contributed by atoms with Gasteiger partial charge < -0.3 is 19.3 Å². The Morgan fingerprint density at radius 2 is 1.91 bits per heavy atom. The van der Waals surface area contributed by atoms with Gasteiger partial charge in [-0.25, -0.2) is 9.78 Å². The maximum Gasteiger partial charge on any atom is 0.339 e. The van der Waals surface area contributed by atoms with Crippen molar-refractivity contribution in [1.82, 2.24) is 14.9 Å². The minimum atomic E-state index is -0.373. The van der Waals surface area contributed by atoms with Crippen LogP contribution in [0.25, 0.3) is 10.9 Å². The molecule has 1 amide bonds. The molecular formula is C25H28N4O4. The van der Waals surface area contributed by atoms with Crippen LogP contribution in [0.3, 0.4) is 0 Å². The molecular weight excluding hydrogens is 420 g/mol. The predicted octanol–water partition coefficient (Wildman–Crippen LogP) is 3.48. The summed E-state index contributed by atoms with van der Waals surface area (Å²) in [6.45, 7) is 6.66. The maximum atomic E-state index is 13.3. The highest BCUT2D eigenvalue weighted by Gasteiger charge is 2.23. The van der Waals surface area contributed by atoms with Gasteiger partial charge >= 0.3 is 5.97 Å². The van der Waals surface area contributed by atoms with Gasteiger partial charge in [0.05, 0.1) is 36.1 Å². The van der Waals surface area contributed by atoms with Crippen molar-refractivity contribution in [2.75, 3.05) is 44.8 Å². The van der Waals surface area contributed by atoms with Gasteiger partial charge in [-0.05, 0) is 50.6 Å². The second kappa shape index (κ2) is 9.85. The van der Waals surface area contributed by atoms with Gasteiger partial charge in [0.25, 0.3) is 5.91 Å². The number of hydrogen-bond donors (Lipinski definition) is 0. The maximum absolute atomic E-state index is 13.3. The summed E-state index contributed by atoms with van der Waals surface area (Å²) in [4.78, 5) is 38.3. The second-order valence-corrected chi connectivity index (χ2v) is 7.94. The monoisotopic (exact) mass is 448 g/mol. The average molecular weight is 449 g/mol. The highest BCUT2D eigenvalue weighted by atomic mass is 16.5. The van der Waals surface area contributed by atoms with Gasteiger partial charge in [-0.3, -0.25) is 9.78 Å². The molecule has 0 aliphatic carbocycles. The van der Waals surface area contributed by atoms with Crippen LogP contribution in [-0.2, 0) is 4.74 Å². The molecule has 172 valence electrons. The topological polar surface area (TPSA) is 84.9 Å². The lowest BCUT2D eigenvalue weighted by Crippen LogP contribution is -2.35. The van der Waals surface area contributed by atoms with E-state index < -0.39 is 0 Å². The Labute approximate surface area is 193 Å². The van der Waals surface area contributed by atoms with Crippen LogP contribution in [-0.4, -0.2) is 66.6 Å². The number of rotatable bonds is 5. The smallest absolute Gasteiger partial charge is 0.339 e. The number of fused-ring (bicyclic) bond motifs is 1. The quantitative estimate of drug-likeness (QED) is 0.553. The van der Waals surface area contributed by atoms with E-state index in [9.17, 15) is 9.59 Å². The standard InChI is InChI=1S/C25H28N4O4/c1-4-33-25(31)19-7-9-23(26-16-19)28-10-5-11-29(13-12-28)24(30)21-14-18-6-8-20(32-3)15-22(18)27-17(21)2/h6-9,14-16H,4-5,10-13H2,1-3H3. The van der Waals surface area contributed by atoms with E-state index in [1.165, 1.54) is 0 Å². The zero-order valence-corrected chi connectivity index (χ0v) is 19.2. The van der Waals surface area contributed by atoms with Crippen molar-refractivity contribution >= 4 is 28.6 Å². The van der Waals surface area contributed by atoms with E-state index in [0.717, 1.165) is 35.4 Å². The molecule has 0 bridgehead atoms. The summed E-state index contributed by atoms with van der Waals surface area (Å²) in [7, 11) is 1.62. The molecule has 0 spiro atoms. The van der Waals surface area contributed by atoms with Gasteiger partial charge in [-0.15, -0.1) is 0 Å². The lowest BCUT2D eigenvalue weighted by molar-refractivity contribution is 0.0525. The van der Waals surface area contributed by atoms with E-state index in [0.29, 0.717) is 43.1 Å². The second-order valence-electron chi connectivity index (χ2n) is 7.94. The third-order valence-corrected chi connectivity index (χ3v) is 5.81. The van der Waals surface area contributed by atoms with E-state index in [1.54, 1.807) is 26.3 Å². The van der Waals surface area contributed by atoms with Crippen molar-refractivity contribution in [3.8, 4) is 5.75 Å². The van der Waals surface area contributed by atoms with Crippen LogP contribution in [0, 0.1) is 6.92 Å². The number of pyridine rings is 2. The molecule has 0 atom stereocenters. The first-order valence-electron chi connectivity index (χ1n) is 11.1. The minimum Gasteiger partial charge on any atom is -0.497 e. The van der Waals surface area contributed by atoms with Gasteiger partial charge in [0.1, 0.15) is 11.6 Å². The number of anilines is 1. The molecule has 33 heavy (non-hydrogen) atoms. The molecule has 1 aromatic carbocycles. The number of esters is 1. The number of carbonyl (C=O) groups excluding carboxylic acids is 2. The van der Waals surface area contributed by atoms with E-state index in [1.807, 2.05) is 42.2 Å². The molecule has 3 aromatic rings. The van der Waals surface area contributed by atoms with Crippen molar-refractivity contribution in [2.24, 2.45) is 0 Å². The number of carbonyl (C=O) groups is 2. The number of benzene rings is 1. The SMILES string of the molecule is CCOC(=O)c1ccc(N2CCCN(C(=O)c3cc4ccc(OC)cc4nc3C)CC2)nc1. The lowest BCUT2D eigenvalue weighted by Gasteiger charge is -2.23. The molecule has 2 aromatic heterocycles. The Bertz CT molecular complexity index is 1160. The van der Waals surface area contributed by atoms with Crippen LogP contribution >= 0.6 is 0 Å². The van der Waals surface area contributed by atoms with E-state index in [2.05, 4.69) is 14.9 Å². The van der Waals surface area contributed by atoms with Crippen LogP contribution in [0.4, 0.5) is 5.82 Å². The van der Waals surface area contributed by atoms with Gasteiger partial charge in [-0.1, -0.05) is 0 Å². The number of amides is 1. The summed E-state index contributed by atoms with van der Waals surface area (Å²) in [6.07, 6.45) is 2.37. The predicted molar refractivity (Wildman–Crippen MR) is 126 cm³/mol. The normalized spacial score (nSPS) is 14.2. The van der Waals surface area contributed by atoms with Crippen LogP contribution < -0.4 is 9.64 Å². The fourth-order valence-corrected chi connectivity index (χ4v) is 4.01. The van der Waals surface area contributed by atoms with Crippen LogP contribution in [0.5, 0.6) is 5.75 Å². The zero-order chi connectivity index (χ0) is 23.4. The van der Waals surface area contributed by atoms with Gasteiger partial charge in [-0.2, -0.15) is 0 Å². The molecule has 0 unspecified atom stereocenters. The van der Waals surface area contributed by atoms with Crippen LogP contribution in [0.1, 0.15) is 39.8 Å². The van der Waals surface area contributed by atoms with Crippen molar-refractivity contribution in [3.05, 3.63) is 59.4 Å². The molecule has 1 fully saturated rings. The Balaban J connectivity index is 1.47. The molecule has 8 heteroatoms. The van der Waals surface area contributed by atoms with Crippen LogP contribution in [0.15, 0.2) is 42.6 Å². The Kier molecular flexibility index (Phi) is 6.72. The molecule has 0 saturated carbocycles. The minimum absolute atomic E-state index is 0.00909. The zero-order valence-electron chi connectivity index (χ0n) is 19.2. The molecule has 0 radical (unpaired) electrons. The van der Waals surface area contributed by atoms with Gasteiger partial charge in [0.15, 0.2) is 0 Å². The number of aryl methyl sites for hydroxylation is 1. The number of ether oxygens (including phenoxy) is 2. The third kappa shape index (κ3) is 4.89. The molecule has 1 saturated heterocycles. The van der Waals surface area contributed by atoms with Crippen molar-refractivity contribution in [3.63, 3.8) is 0 Å². The summed E-state index contributed by atoms with van der Waals surface area (Å²) in [5.41, 5.74) is 2.57. The highest BCUT2D eigenvalue weighted by Crippen LogP contribution is 2.23. The first-order chi connectivity index (χ1) is 16.0. The fourth-order valence-electron chi connectivity index (χ4n) is 4.01. The lowest BCUT2D eigenvalue weighted by atomic mass is 10.1. The first-order valence-corrected chi connectivity index (χ1v) is 11.1. The van der Waals surface area contributed by atoms with Crippen LogP contribution in [0.2, 0.25) is 0 Å². The highest BCUT2D eigenvalue weighted by molar-refractivity contribution is 5.99. The molecule has 1 aliphatic rings.